The van der Waals surface area contributed by atoms with Gasteiger partial charge in [-0.3, -0.25) is 0 Å². The van der Waals surface area contributed by atoms with Crippen LogP contribution >= 0.6 is 23.5 Å². The SMILES string of the molecule is CCNC(c1ccc2c(c1)CCO2)C1SCCSC1CC. The highest BCUT2D eigenvalue weighted by Gasteiger charge is 2.33. The van der Waals surface area contributed by atoms with Crippen molar-refractivity contribution >= 4 is 23.5 Å². The summed E-state index contributed by atoms with van der Waals surface area (Å²) in [5.41, 5.74) is 2.83. The van der Waals surface area contributed by atoms with E-state index in [2.05, 4.69) is 60.9 Å². The van der Waals surface area contributed by atoms with Gasteiger partial charge in [0.15, 0.2) is 0 Å². The van der Waals surface area contributed by atoms with Crippen LogP contribution in [0.2, 0.25) is 0 Å². The number of hydrogen-bond acceptors (Lipinski definition) is 4. The van der Waals surface area contributed by atoms with Crippen LogP contribution in [0, 0.1) is 0 Å². The Morgan fingerprint density at radius 3 is 2.95 bits per heavy atom. The van der Waals surface area contributed by atoms with Gasteiger partial charge in [0.2, 0.25) is 0 Å². The van der Waals surface area contributed by atoms with Gasteiger partial charge in [0.25, 0.3) is 0 Å². The minimum Gasteiger partial charge on any atom is -0.493 e. The van der Waals surface area contributed by atoms with Crippen molar-refractivity contribution in [1.82, 2.24) is 5.32 Å². The lowest BCUT2D eigenvalue weighted by molar-refractivity contribution is 0.356. The Kier molecular flexibility index (Phi) is 5.41. The summed E-state index contributed by atoms with van der Waals surface area (Å²) in [6.07, 6.45) is 2.32. The molecule has 0 amide bonds. The predicted molar refractivity (Wildman–Crippen MR) is 94.8 cm³/mol. The summed E-state index contributed by atoms with van der Waals surface area (Å²) in [6, 6.07) is 7.28. The van der Waals surface area contributed by atoms with Gasteiger partial charge in [-0.15, -0.1) is 0 Å². The number of rotatable bonds is 5. The van der Waals surface area contributed by atoms with Crippen LogP contribution in [-0.4, -0.2) is 35.2 Å². The van der Waals surface area contributed by atoms with E-state index in [1.54, 1.807) is 0 Å². The van der Waals surface area contributed by atoms with E-state index >= 15 is 0 Å². The van der Waals surface area contributed by atoms with Gasteiger partial charge < -0.3 is 10.1 Å². The lowest BCUT2D eigenvalue weighted by atomic mass is 9.97. The largest absolute Gasteiger partial charge is 0.493 e. The van der Waals surface area contributed by atoms with Crippen LogP contribution in [0.4, 0.5) is 0 Å². The maximum atomic E-state index is 5.65. The molecule has 2 aliphatic heterocycles. The number of ether oxygens (including phenoxy) is 1. The van der Waals surface area contributed by atoms with Crippen LogP contribution < -0.4 is 10.1 Å². The Morgan fingerprint density at radius 2 is 2.14 bits per heavy atom. The average molecular weight is 324 g/mol. The van der Waals surface area contributed by atoms with Crippen LogP contribution in [0.25, 0.3) is 0 Å². The van der Waals surface area contributed by atoms with Crippen molar-refractivity contribution in [2.75, 3.05) is 24.7 Å². The van der Waals surface area contributed by atoms with E-state index in [0.717, 1.165) is 30.6 Å². The molecule has 0 bridgehead atoms. The zero-order valence-electron chi connectivity index (χ0n) is 12.9. The lowest BCUT2D eigenvalue weighted by Gasteiger charge is -2.36. The second-order valence-corrected chi connectivity index (χ2v) is 8.29. The minimum absolute atomic E-state index is 0.462. The Hall–Kier alpha value is -0.320. The second-order valence-electron chi connectivity index (χ2n) is 5.65. The molecule has 1 aromatic carbocycles. The zero-order valence-corrected chi connectivity index (χ0v) is 14.6. The molecule has 3 rings (SSSR count). The average Bonchev–Trinajstić information content (AvgIpc) is 3.00. The van der Waals surface area contributed by atoms with Gasteiger partial charge in [-0.05, 0) is 30.2 Å². The van der Waals surface area contributed by atoms with Gasteiger partial charge >= 0.3 is 0 Å². The molecule has 116 valence electrons. The van der Waals surface area contributed by atoms with E-state index in [1.807, 2.05) is 0 Å². The Bertz CT molecular complexity index is 480. The van der Waals surface area contributed by atoms with Gasteiger partial charge in [0, 0.05) is 34.5 Å². The monoisotopic (exact) mass is 323 g/mol. The zero-order chi connectivity index (χ0) is 14.7. The Morgan fingerprint density at radius 1 is 1.29 bits per heavy atom. The van der Waals surface area contributed by atoms with Crippen molar-refractivity contribution in [3.8, 4) is 5.75 Å². The van der Waals surface area contributed by atoms with Gasteiger partial charge in [-0.2, -0.15) is 23.5 Å². The fraction of sp³-hybridized carbons (Fsp3) is 0.647. The van der Waals surface area contributed by atoms with Gasteiger partial charge in [-0.25, -0.2) is 0 Å². The molecular weight excluding hydrogens is 298 g/mol. The molecule has 1 saturated heterocycles. The molecule has 0 spiro atoms. The van der Waals surface area contributed by atoms with Crippen molar-refractivity contribution in [2.24, 2.45) is 0 Å². The van der Waals surface area contributed by atoms with E-state index in [1.165, 1.54) is 29.1 Å². The van der Waals surface area contributed by atoms with E-state index in [-0.39, 0.29) is 0 Å². The topological polar surface area (TPSA) is 21.3 Å². The summed E-state index contributed by atoms with van der Waals surface area (Å²) >= 11 is 4.32. The van der Waals surface area contributed by atoms with Gasteiger partial charge in [-0.1, -0.05) is 26.0 Å². The molecule has 2 nitrogen and oxygen atoms in total. The number of hydrogen-bond donors (Lipinski definition) is 1. The van der Waals surface area contributed by atoms with Crippen molar-refractivity contribution in [3.63, 3.8) is 0 Å². The summed E-state index contributed by atoms with van der Waals surface area (Å²) in [6.45, 7) is 6.41. The first-order chi connectivity index (χ1) is 10.3. The van der Waals surface area contributed by atoms with E-state index < -0.39 is 0 Å². The summed E-state index contributed by atoms with van der Waals surface area (Å²) in [4.78, 5) is 0. The molecule has 0 aromatic heterocycles. The fourth-order valence-corrected chi connectivity index (χ4v) is 6.54. The molecule has 1 aromatic rings. The molecule has 0 aliphatic carbocycles. The van der Waals surface area contributed by atoms with Gasteiger partial charge in [0.1, 0.15) is 5.75 Å². The van der Waals surface area contributed by atoms with Crippen molar-refractivity contribution in [3.05, 3.63) is 29.3 Å². The molecule has 2 aliphatic rings. The molecule has 0 saturated carbocycles. The van der Waals surface area contributed by atoms with Crippen LogP contribution in [0.3, 0.4) is 0 Å². The minimum atomic E-state index is 0.462. The molecule has 2 heterocycles. The van der Waals surface area contributed by atoms with E-state index in [0.29, 0.717) is 11.3 Å². The molecule has 4 heteroatoms. The third-order valence-electron chi connectivity index (χ3n) is 4.32. The molecule has 21 heavy (non-hydrogen) atoms. The number of benzene rings is 1. The smallest absolute Gasteiger partial charge is 0.122 e. The van der Waals surface area contributed by atoms with Crippen molar-refractivity contribution in [1.29, 1.82) is 0 Å². The number of nitrogens with one attached hydrogen (secondary N) is 1. The summed E-state index contributed by atoms with van der Waals surface area (Å²) in [7, 11) is 0. The van der Waals surface area contributed by atoms with Crippen molar-refractivity contribution in [2.45, 2.75) is 43.2 Å². The third-order valence-corrected chi connectivity index (χ3v) is 7.67. The van der Waals surface area contributed by atoms with Crippen LogP contribution in [0.15, 0.2) is 18.2 Å². The van der Waals surface area contributed by atoms with E-state index in [9.17, 15) is 0 Å². The molecule has 1 fully saturated rings. The number of thioether (sulfide) groups is 2. The summed E-state index contributed by atoms with van der Waals surface area (Å²) < 4.78 is 5.65. The predicted octanol–water partition coefficient (Wildman–Crippen LogP) is 3.90. The highest BCUT2D eigenvalue weighted by molar-refractivity contribution is 8.07. The third kappa shape index (κ3) is 3.38. The first-order valence-electron chi connectivity index (χ1n) is 8.05. The maximum Gasteiger partial charge on any atom is 0.122 e. The van der Waals surface area contributed by atoms with Crippen molar-refractivity contribution < 1.29 is 4.74 Å². The quantitative estimate of drug-likeness (QED) is 0.887. The van der Waals surface area contributed by atoms with Crippen LogP contribution in [-0.2, 0) is 6.42 Å². The van der Waals surface area contributed by atoms with Crippen LogP contribution in [0.1, 0.15) is 37.4 Å². The normalized spacial score (nSPS) is 26.2. The van der Waals surface area contributed by atoms with Gasteiger partial charge in [0.05, 0.1) is 6.61 Å². The first-order valence-corrected chi connectivity index (χ1v) is 10.2. The Balaban J connectivity index is 1.86. The molecule has 3 unspecified atom stereocenters. The van der Waals surface area contributed by atoms with E-state index in [4.69, 9.17) is 4.74 Å². The second kappa shape index (κ2) is 7.30. The number of fused-ring (bicyclic) bond motifs is 1. The molecule has 3 atom stereocenters. The lowest BCUT2D eigenvalue weighted by Crippen LogP contribution is -2.38. The fourth-order valence-electron chi connectivity index (χ4n) is 3.29. The first kappa shape index (κ1) is 15.6. The highest BCUT2D eigenvalue weighted by atomic mass is 32.2. The Labute approximate surface area is 136 Å². The summed E-state index contributed by atoms with van der Waals surface area (Å²) in [5, 5.41) is 5.19. The van der Waals surface area contributed by atoms with Crippen LogP contribution in [0.5, 0.6) is 5.75 Å². The molecular formula is C17H25NOS2. The molecule has 0 radical (unpaired) electrons. The molecule has 1 N–H and O–H groups in total. The standard InChI is InChI=1S/C17H25NOS2/c1-3-15-17(21-10-9-20-15)16(18-4-2)13-5-6-14-12(11-13)7-8-19-14/h5-6,11,15-18H,3-4,7-10H2,1-2H3. The highest BCUT2D eigenvalue weighted by Crippen LogP contribution is 2.41. The maximum absolute atomic E-state index is 5.65. The summed E-state index contributed by atoms with van der Waals surface area (Å²) in [5.74, 6) is 3.67.